The van der Waals surface area contributed by atoms with Gasteiger partial charge in [-0.25, -0.2) is 0 Å². The van der Waals surface area contributed by atoms with Crippen LogP contribution in [0.4, 0.5) is 0 Å². The monoisotopic (exact) mass is 173 g/mol. The van der Waals surface area contributed by atoms with Crippen LogP contribution in [-0.4, -0.2) is 18.6 Å². The van der Waals surface area contributed by atoms with Crippen molar-refractivity contribution in [1.29, 1.82) is 0 Å². The van der Waals surface area contributed by atoms with Gasteiger partial charge in [-0.1, -0.05) is 20.3 Å². The minimum atomic E-state index is -0.169. The number of nitrogens with two attached hydrogens (primary N) is 1. The van der Waals surface area contributed by atoms with Crippen LogP contribution in [0.5, 0.6) is 0 Å². The van der Waals surface area contributed by atoms with Crippen LogP contribution in [0.2, 0.25) is 0 Å². The molecule has 12 heavy (non-hydrogen) atoms. The number of carbonyl (C=O) groups is 1. The molecule has 0 aliphatic carbocycles. The maximum atomic E-state index is 11.0. The normalized spacial score (nSPS) is 12.6. The Labute approximate surface area is 74.3 Å². The summed E-state index contributed by atoms with van der Waals surface area (Å²) in [5.41, 5.74) is 5.66. The molecule has 0 aromatic rings. The second kappa shape index (κ2) is 7.10. The van der Waals surface area contributed by atoms with E-state index in [1.807, 2.05) is 6.92 Å². The Morgan fingerprint density at radius 2 is 2.08 bits per heavy atom. The third-order valence-electron chi connectivity index (χ3n) is 1.56. The first kappa shape index (κ1) is 11.4. The molecule has 0 aliphatic heterocycles. The summed E-state index contributed by atoms with van der Waals surface area (Å²) in [7, 11) is 0. The first-order valence-electron chi connectivity index (χ1n) is 4.61. The SMILES string of the molecule is CCCOC(=O)CC(N)CCC. The highest BCUT2D eigenvalue weighted by atomic mass is 16.5. The number of carbonyl (C=O) groups excluding carboxylic acids is 1. The standard InChI is InChI=1S/C9H19NO2/c1-3-5-8(10)7-9(11)12-6-4-2/h8H,3-7,10H2,1-2H3. The molecular weight excluding hydrogens is 154 g/mol. The zero-order valence-electron chi connectivity index (χ0n) is 8.01. The van der Waals surface area contributed by atoms with Crippen molar-refractivity contribution in [3.63, 3.8) is 0 Å². The summed E-state index contributed by atoms with van der Waals surface area (Å²) >= 11 is 0. The van der Waals surface area contributed by atoms with Gasteiger partial charge < -0.3 is 10.5 Å². The third-order valence-corrected chi connectivity index (χ3v) is 1.56. The number of hydrogen-bond acceptors (Lipinski definition) is 3. The fourth-order valence-corrected chi connectivity index (χ4v) is 0.962. The van der Waals surface area contributed by atoms with Crippen molar-refractivity contribution in [2.45, 2.75) is 45.6 Å². The zero-order chi connectivity index (χ0) is 9.40. The Bertz CT molecular complexity index is 126. The summed E-state index contributed by atoms with van der Waals surface area (Å²) in [4.78, 5) is 11.0. The molecule has 0 spiro atoms. The van der Waals surface area contributed by atoms with Crippen molar-refractivity contribution in [1.82, 2.24) is 0 Å². The Hall–Kier alpha value is -0.570. The first-order valence-corrected chi connectivity index (χ1v) is 4.61. The van der Waals surface area contributed by atoms with Crippen molar-refractivity contribution in [2.75, 3.05) is 6.61 Å². The summed E-state index contributed by atoms with van der Waals surface area (Å²) in [5, 5.41) is 0. The molecule has 0 saturated carbocycles. The van der Waals surface area contributed by atoms with E-state index in [-0.39, 0.29) is 12.0 Å². The fraction of sp³-hybridized carbons (Fsp3) is 0.889. The molecule has 3 nitrogen and oxygen atoms in total. The number of hydrogen-bond donors (Lipinski definition) is 1. The van der Waals surface area contributed by atoms with E-state index in [0.717, 1.165) is 19.3 Å². The van der Waals surface area contributed by atoms with Gasteiger partial charge in [0.05, 0.1) is 13.0 Å². The maximum Gasteiger partial charge on any atom is 0.307 e. The van der Waals surface area contributed by atoms with Gasteiger partial charge in [0, 0.05) is 6.04 Å². The minimum absolute atomic E-state index is 0.0284. The Kier molecular flexibility index (Phi) is 6.76. The van der Waals surface area contributed by atoms with Crippen LogP contribution in [0.15, 0.2) is 0 Å². The van der Waals surface area contributed by atoms with Gasteiger partial charge in [0.2, 0.25) is 0 Å². The highest BCUT2D eigenvalue weighted by molar-refractivity contribution is 5.70. The van der Waals surface area contributed by atoms with Gasteiger partial charge >= 0.3 is 5.97 Å². The van der Waals surface area contributed by atoms with Crippen LogP contribution in [0.1, 0.15) is 39.5 Å². The van der Waals surface area contributed by atoms with E-state index in [9.17, 15) is 4.79 Å². The highest BCUT2D eigenvalue weighted by Crippen LogP contribution is 2.00. The van der Waals surface area contributed by atoms with Gasteiger partial charge in [-0.2, -0.15) is 0 Å². The molecule has 0 aromatic carbocycles. The lowest BCUT2D eigenvalue weighted by molar-refractivity contribution is -0.144. The lowest BCUT2D eigenvalue weighted by atomic mass is 10.1. The van der Waals surface area contributed by atoms with E-state index in [1.165, 1.54) is 0 Å². The van der Waals surface area contributed by atoms with Crippen LogP contribution in [-0.2, 0) is 9.53 Å². The van der Waals surface area contributed by atoms with Crippen LogP contribution < -0.4 is 5.73 Å². The van der Waals surface area contributed by atoms with Gasteiger partial charge in [0.1, 0.15) is 0 Å². The van der Waals surface area contributed by atoms with Crippen molar-refractivity contribution in [3.8, 4) is 0 Å². The molecule has 0 radical (unpaired) electrons. The summed E-state index contributed by atoms with van der Waals surface area (Å²) < 4.78 is 4.89. The summed E-state index contributed by atoms with van der Waals surface area (Å²) in [5.74, 6) is -0.169. The number of esters is 1. The van der Waals surface area contributed by atoms with E-state index in [1.54, 1.807) is 0 Å². The summed E-state index contributed by atoms with van der Waals surface area (Å²) in [6.07, 6.45) is 3.13. The van der Waals surface area contributed by atoms with Crippen molar-refractivity contribution < 1.29 is 9.53 Å². The average Bonchev–Trinajstić information content (AvgIpc) is 2.01. The topological polar surface area (TPSA) is 52.3 Å². The molecule has 0 aromatic heterocycles. The van der Waals surface area contributed by atoms with Gasteiger partial charge in [-0.15, -0.1) is 0 Å². The van der Waals surface area contributed by atoms with E-state index in [4.69, 9.17) is 10.5 Å². The molecule has 0 fully saturated rings. The molecule has 1 unspecified atom stereocenters. The fourth-order valence-electron chi connectivity index (χ4n) is 0.962. The number of ether oxygens (including phenoxy) is 1. The second-order valence-corrected chi connectivity index (χ2v) is 2.97. The van der Waals surface area contributed by atoms with E-state index >= 15 is 0 Å². The molecule has 0 amide bonds. The molecule has 0 aliphatic rings. The molecule has 3 heteroatoms. The molecule has 72 valence electrons. The Morgan fingerprint density at radius 1 is 1.42 bits per heavy atom. The highest BCUT2D eigenvalue weighted by Gasteiger charge is 2.08. The molecule has 2 N–H and O–H groups in total. The smallest absolute Gasteiger partial charge is 0.307 e. The van der Waals surface area contributed by atoms with Crippen LogP contribution >= 0.6 is 0 Å². The lowest BCUT2D eigenvalue weighted by Crippen LogP contribution is -2.24. The van der Waals surface area contributed by atoms with E-state index in [2.05, 4.69) is 6.92 Å². The minimum Gasteiger partial charge on any atom is -0.466 e. The predicted octanol–water partition coefficient (Wildman–Crippen LogP) is 1.46. The van der Waals surface area contributed by atoms with Gasteiger partial charge in [-0.05, 0) is 12.8 Å². The molecule has 0 saturated heterocycles. The first-order chi connectivity index (χ1) is 5.70. The molecule has 0 rings (SSSR count). The van der Waals surface area contributed by atoms with E-state index in [0.29, 0.717) is 13.0 Å². The summed E-state index contributed by atoms with van der Waals surface area (Å²) in [6.45, 7) is 4.54. The molecular formula is C9H19NO2. The summed E-state index contributed by atoms with van der Waals surface area (Å²) in [6, 6.07) is -0.0284. The largest absolute Gasteiger partial charge is 0.466 e. The van der Waals surface area contributed by atoms with Gasteiger partial charge in [0.25, 0.3) is 0 Å². The Morgan fingerprint density at radius 3 is 2.58 bits per heavy atom. The lowest BCUT2D eigenvalue weighted by Gasteiger charge is -2.08. The van der Waals surface area contributed by atoms with Gasteiger partial charge in [0.15, 0.2) is 0 Å². The third kappa shape index (κ3) is 6.16. The van der Waals surface area contributed by atoms with E-state index < -0.39 is 0 Å². The quantitative estimate of drug-likeness (QED) is 0.619. The maximum absolute atomic E-state index is 11.0. The molecule has 0 bridgehead atoms. The van der Waals surface area contributed by atoms with Crippen LogP contribution in [0.25, 0.3) is 0 Å². The average molecular weight is 173 g/mol. The number of rotatable bonds is 6. The van der Waals surface area contributed by atoms with Gasteiger partial charge in [-0.3, -0.25) is 4.79 Å². The second-order valence-electron chi connectivity index (χ2n) is 2.97. The van der Waals surface area contributed by atoms with Crippen molar-refractivity contribution in [3.05, 3.63) is 0 Å². The van der Waals surface area contributed by atoms with Crippen LogP contribution in [0, 0.1) is 0 Å². The van der Waals surface area contributed by atoms with Crippen molar-refractivity contribution in [2.24, 2.45) is 5.73 Å². The predicted molar refractivity (Wildman–Crippen MR) is 48.8 cm³/mol. The van der Waals surface area contributed by atoms with Crippen molar-refractivity contribution >= 4 is 5.97 Å². The molecule has 1 atom stereocenters. The molecule has 0 heterocycles. The Balaban J connectivity index is 3.40. The van der Waals surface area contributed by atoms with Crippen LogP contribution in [0.3, 0.4) is 0 Å². The zero-order valence-corrected chi connectivity index (χ0v) is 8.01.